The molecule has 24 heavy (non-hydrogen) atoms. The summed E-state index contributed by atoms with van der Waals surface area (Å²) in [5.74, 6) is 0.478. The first-order chi connectivity index (χ1) is 11.0. The van der Waals surface area contributed by atoms with Crippen LogP contribution in [-0.4, -0.2) is 60.4 Å². The largest absolute Gasteiger partial charge is 0.347 e. The maximum absolute atomic E-state index is 12.5. The summed E-state index contributed by atoms with van der Waals surface area (Å²) in [4.78, 5) is 14.6. The van der Waals surface area contributed by atoms with E-state index in [1.54, 1.807) is 0 Å². The molecular formula is C17H32ClN5O. The third kappa shape index (κ3) is 6.42. The zero-order valence-electron chi connectivity index (χ0n) is 15.3. The lowest BCUT2D eigenvalue weighted by Crippen LogP contribution is -2.42. The Balaban J connectivity index is 0.00000288. The Labute approximate surface area is 151 Å². The third-order valence-electron chi connectivity index (χ3n) is 4.16. The Morgan fingerprint density at radius 3 is 2.83 bits per heavy atom. The molecule has 0 aliphatic carbocycles. The molecule has 1 aliphatic rings. The molecule has 2 heterocycles. The van der Waals surface area contributed by atoms with Crippen molar-refractivity contribution >= 4 is 18.3 Å². The van der Waals surface area contributed by atoms with Crippen LogP contribution in [0.5, 0.6) is 0 Å². The van der Waals surface area contributed by atoms with Gasteiger partial charge in [-0.1, -0.05) is 13.8 Å². The molecular weight excluding hydrogens is 326 g/mol. The van der Waals surface area contributed by atoms with Crippen molar-refractivity contribution in [3.8, 4) is 0 Å². The van der Waals surface area contributed by atoms with E-state index in [1.165, 1.54) is 0 Å². The Bertz CT molecular complexity index is 487. The minimum Gasteiger partial charge on any atom is -0.347 e. The molecule has 0 saturated carbocycles. The average Bonchev–Trinajstić information content (AvgIpc) is 2.96. The average molecular weight is 358 g/mol. The van der Waals surface area contributed by atoms with Crippen LogP contribution in [0, 0.1) is 5.92 Å². The summed E-state index contributed by atoms with van der Waals surface area (Å²) in [5, 5.41) is 11.0. The Kier molecular flexibility index (Phi) is 8.73. The summed E-state index contributed by atoms with van der Waals surface area (Å²) in [6, 6.07) is 2.34. The molecule has 6 nitrogen and oxygen atoms in total. The van der Waals surface area contributed by atoms with Crippen LogP contribution in [0.3, 0.4) is 0 Å². The number of likely N-dealkylation sites (N-methyl/N-ethyl adjacent to an activating group) is 1. The number of nitrogens with zero attached hydrogens (tertiary/aromatic N) is 3. The third-order valence-corrected chi connectivity index (χ3v) is 4.16. The number of hydrogen-bond donors (Lipinski definition) is 2. The molecule has 138 valence electrons. The molecule has 2 unspecified atom stereocenters. The fourth-order valence-electron chi connectivity index (χ4n) is 3.17. The fraction of sp³-hybridized carbons (Fsp3) is 0.765. The topological polar surface area (TPSA) is 62.2 Å². The first-order valence-corrected chi connectivity index (χ1v) is 8.67. The lowest BCUT2D eigenvalue weighted by molar-refractivity contribution is 0.0918. The molecule has 0 bridgehead atoms. The molecule has 2 N–H and O–H groups in total. The zero-order chi connectivity index (χ0) is 16.8. The number of amides is 1. The minimum absolute atomic E-state index is 0. The fourth-order valence-corrected chi connectivity index (χ4v) is 3.17. The van der Waals surface area contributed by atoms with Crippen molar-refractivity contribution < 1.29 is 4.79 Å². The number of hydrogen-bond acceptors (Lipinski definition) is 4. The van der Waals surface area contributed by atoms with Gasteiger partial charge in [0.1, 0.15) is 5.69 Å². The number of carbonyl (C=O) groups excluding carboxylic acids is 1. The van der Waals surface area contributed by atoms with Gasteiger partial charge in [0.05, 0.1) is 6.04 Å². The van der Waals surface area contributed by atoms with Crippen molar-refractivity contribution in [3.05, 3.63) is 18.0 Å². The molecule has 1 aromatic rings. The molecule has 7 heteroatoms. The normalized spacial score (nSPS) is 19.2. The summed E-state index contributed by atoms with van der Waals surface area (Å²) >= 11 is 0. The van der Waals surface area contributed by atoms with Crippen LogP contribution in [0.2, 0.25) is 0 Å². The van der Waals surface area contributed by atoms with Crippen LogP contribution in [0.15, 0.2) is 12.3 Å². The highest BCUT2D eigenvalue weighted by atomic mass is 35.5. The van der Waals surface area contributed by atoms with E-state index in [0.717, 1.165) is 38.9 Å². The molecule has 2 atom stereocenters. The second-order valence-electron chi connectivity index (χ2n) is 7.24. The standard InChI is InChI=1S/C17H31N5O.ClH/c1-13(2)10-14(12-21(3)4)19-17(23)16-7-9-22(20-16)15-6-5-8-18-11-15;/h7,9,13-15,18H,5-6,8,10-12H2,1-4H3,(H,19,23);1H. The van der Waals surface area contributed by atoms with E-state index in [2.05, 4.69) is 34.5 Å². The van der Waals surface area contributed by atoms with Crippen LogP contribution in [0.25, 0.3) is 0 Å². The lowest BCUT2D eigenvalue weighted by Gasteiger charge is -2.24. The SMILES string of the molecule is CC(C)CC(CN(C)C)NC(=O)c1ccn(C2CCCNC2)n1.Cl. The Morgan fingerprint density at radius 1 is 1.50 bits per heavy atom. The number of aromatic nitrogens is 2. The maximum atomic E-state index is 12.5. The van der Waals surface area contributed by atoms with Crippen LogP contribution >= 0.6 is 12.4 Å². The predicted molar refractivity (Wildman–Crippen MR) is 99.9 cm³/mol. The predicted octanol–water partition coefficient (Wildman–Crippen LogP) is 1.94. The van der Waals surface area contributed by atoms with E-state index < -0.39 is 0 Å². The van der Waals surface area contributed by atoms with Crippen LogP contribution in [0.1, 0.15) is 49.6 Å². The first-order valence-electron chi connectivity index (χ1n) is 8.67. The highest BCUT2D eigenvalue weighted by molar-refractivity contribution is 5.92. The molecule has 1 aliphatic heterocycles. The summed E-state index contributed by atoms with van der Waals surface area (Å²) < 4.78 is 1.93. The number of halogens is 1. The smallest absolute Gasteiger partial charge is 0.272 e. The molecule has 1 aromatic heterocycles. The highest BCUT2D eigenvalue weighted by Crippen LogP contribution is 2.16. The van der Waals surface area contributed by atoms with Crippen LogP contribution in [-0.2, 0) is 0 Å². The van der Waals surface area contributed by atoms with Gasteiger partial charge in [-0.15, -0.1) is 12.4 Å². The minimum atomic E-state index is -0.0694. The van der Waals surface area contributed by atoms with E-state index in [9.17, 15) is 4.79 Å². The second kappa shape index (κ2) is 10.0. The van der Waals surface area contributed by atoms with Crippen molar-refractivity contribution in [2.45, 2.75) is 45.2 Å². The second-order valence-corrected chi connectivity index (χ2v) is 7.24. The number of rotatable bonds is 7. The Morgan fingerprint density at radius 2 is 2.25 bits per heavy atom. The highest BCUT2D eigenvalue weighted by Gasteiger charge is 2.20. The van der Waals surface area contributed by atoms with Crippen LogP contribution < -0.4 is 10.6 Å². The van der Waals surface area contributed by atoms with Crippen molar-refractivity contribution in [1.29, 1.82) is 0 Å². The summed E-state index contributed by atoms with van der Waals surface area (Å²) in [5.41, 5.74) is 0.517. The van der Waals surface area contributed by atoms with Gasteiger partial charge in [0.25, 0.3) is 5.91 Å². The summed E-state index contributed by atoms with van der Waals surface area (Å²) in [6.07, 6.45) is 5.17. The molecule has 1 amide bonds. The summed E-state index contributed by atoms with van der Waals surface area (Å²) in [6.45, 7) is 7.21. The van der Waals surface area contributed by atoms with Gasteiger partial charge in [-0.2, -0.15) is 5.10 Å². The first kappa shape index (κ1) is 20.9. The van der Waals surface area contributed by atoms with Gasteiger partial charge in [-0.25, -0.2) is 0 Å². The van der Waals surface area contributed by atoms with Gasteiger partial charge in [0, 0.05) is 25.3 Å². The monoisotopic (exact) mass is 357 g/mol. The summed E-state index contributed by atoms with van der Waals surface area (Å²) in [7, 11) is 4.06. The van der Waals surface area contributed by atoms with Gasteiger partial charge in [0.15, 0.2) is 0 Å². The van der Waals surface area contributed by atoms with Gasteiger partial charge < -0.3 is 15.5 Å². The van der Waals surface area contributed by atoms with Gasteiger partial charge in [-0.3, -0.25) is 9.48 Å². The van der Waals surface area contributed by atoms with E-state index in [0.29, 0.717) is 17.7 Å². The van der Waals surface area contributed by atoms with Gasteiger partial charge in [-0.05, 0) is 51.9 Å². The number of piperidine rings is 1. The van der Waals surface area contributed by atoms with E-state index >= 15 is 0 Å². The zero-order valence-corrected chi connectivity index (χ0v) is 16.1. The van der Waals surface area contributed by atoms with E-state index in [-0.39, 0.29) is 24.4 Å². The number of carbonyl (C=O) groups is 1. The number of nitrogens with one attached hydrogen (secondary N) is 2. The van der Waals surface area contributed by atoms with Crippen LogP contribution in [0.4, 0.5) is 0 Å². The quantitative estimate of drug-likeness (QED) is 0.782. The lowest BCUT2D eigenvalue weighted by atomic mass is 10.0. The van der Waals surface area contributed by atoms with Crippen molar-refractivity contribution in [3.63, 3.8) is 0 Å². The molecule has 0 radical (unpaired) electrons. The molecule has 1 fully saturated rings. The van der Waals surface area contributed by atoms with E-state index in [1.807, 2.05) is 31.0 Å². The Hall–Kier alpha value is -1.11. The van der Waals surface area contributed by atoms with Crippen molar-refractivity contribution in [2.24, 2.45) is 5.92 Å². The maximum Gasteiger partial charge on any atom is 0.272 e. The van der Waals surface area contributed by atoms with Gasteiger partial charge in [0.2, 0.25) is 0 Å². The van der Waals surface area contributed by atoms with Crippen molar-refractivity contribution in [1.82, 2.24) is 25.3 Å². The van der Waals surface area contributed by atoms with Crippen molar-refractivity contribution in [2.75, 3.05) is 33.7 Å². The molecule has 0 spiro atoms. The molecule has 1 saturated heterocycles. The van der Waals surface area contributed by atoms with E-state index in [4.69, 9.17) is 0 Å². The molecule has 0 aromatic carbocycles. The molecule has 2 rings (SSSR count). The van der Waals surface area contributed by atoms with Gasteiger partial charge >= 0.3 is 0 Å².